The highest BCUT2D eigenvalue weighted by Crippen LogP contribution is 2.22. The molecule has 3 rings (SSSR count). The quantitative estimate of drug-likeness (QED) is 0.726. The first kappa shape index (κ1) is 13.2. The first-order valence-electron chi connectivity index (χ1n) is 6.31. The van der Waals surface area contributed by atoms with Crippen LogP contribution in [0.1, 0.15) is 5.56 Å². The van der Waals surface area contributed by atoms with Crippen LogP contribution in [0.5, 0.6) is 0 Å². The van der Waals surface area contributed by atoms with E-state index in [2.05, 4.69) is 15.3 Å². The molecule has 0 aliphatic heterocycles. The maximum absolute atomic E-state index is 13.6. The summed E-state index contributed by atoms with van der Waals surface area (Å²) in [4.78, 5) is 8.25. The Hall–Kier alpha value is -2.76. The zero-order valence-corrected chi connectivity index (χ0v) is 11.0. The van der Waals surface area contributed by atoms with Gasteiger partial charge in [0.15, 0.2) is 0 Å². The molecular formula is C15H12F2N4. The molecule has 3 aromatic rings. The molecule has 3 N–H and O–H groups in total. The number of rotatable bonds is 3. The maximum atomic E-state index is 13.6. The van der Waals surface area contributed by atoms with Crippen LogP contribution in [-0.4, -0.2) is 9.97 Å². The summed E-state index contributed by atoms with van der Waals surface area (Å²) in [6.07, 6.45) is 1.39. The second-order valence-electron chi connectivity index (χ2n) is 4.59. The summed E-state index contributed by atoms with van der Waals surface area (Å²) in [6, 6.07) is 8.59. The van der Waals surface area contributed by atoms with Gasteiger partial charge in [0.25, 0.3) is 0 Å². The van der Waals surface area contributed by atoms with Gasteiger partial charge in [-0.15, -0.1) is 0 Å². The predicted octanol–water partition coefficient (Wildman–Crippen LogP) is 3.10. The van der Waals surface area contributed by atoms with Crippen molar-refractivity contribution < 1.29 is 8.78 Å². The fourth-order valence-corrected chi connectivity index (χ4v) is 2.07. The molecule has 0 saturated carbocycles. The van der Waals surface area contributed by atoms with E-state index in [1.165, 1.54) is 6.33 Å². The van der Waals surface area contributed by atoms with Crippen LogP contribution in [0, 0.1) is 11.6 Å². The van der Waals surface area contributed by atoms with E-state index in [9.17, 15) is 8.78 Å². The van der Waals surface area contributed by atoms with E-state index in [1.54, 1.807) is 18.2 Å². The van der Waals surface area contributed by atoms with Crippen molar-refractivity contribution in [2.75, 3.05) is 11.1 Å². The van der Waals surface area contributed by atoms with Gasteiger partial charge in [-0.3, -0.25) is 0 Å². The molecule has 0 spiro atoms. The largest absolute Gasteiger partial charge is 0.399 e. The van der Waals surface area contributed by atoms with Gasteiger partial charge in [-0.1, -0.05) is 0 Å². The zero-order valence-electron chi connectivity index (χ0n) is 11.0. The fourth-order valence-electron chi connectivity index (χ4n) is 2.07. The third-order valence-corrected chi connectivity index (χ3v) is 3.11. The van der Waals surface area contributed by atoms with Crippen molar-refractivity contribution in [1.29, 1.82) is 0 Å². The predicted molar refractivity (Wildman–Crippen MR) is 77.6 cm³/mol. The maximum Gasteiger partial charge on any atom is 0.137 e. The topological polar surface area (TPSA) is 63.8 Å². The average Bonchev–Trinajstić information content (AvgIpc) is 2.47. The highest BCUT2D eigenvalue weighted by molar-refractivity contribution is 5.90. The summed E-state index contributed by atoms with van der Waals surface area (Å²) in [6.45, 7) is 0.125. The molecule has 1 heterocycles. The van der Waals surface area contributed by atoms with Crippen molar-refractivity contribution in [3.05, 3.63) is 59.9 Å². The van der Waals surface area contributed by atoms with E-state index >= 15 is 0 Å². The first-order valence-corrected chi connectivity index (χ1v) is 6.31. The van der Waals surface area contributed by atoms with Crippen molar-refractivity contribution in [3.8, 4) is 0 Å². The standard InChI is InChI=1S/C15H12F2N4/c16-10-1-4-13(17)9(5-10)7-19-15-12-3-2-11(18)6-14(12)20-8-21-15/h1-6,8H,7,18H2,(H,19,20,21). The molecule has 0 aliphatic rings. The Balaban J connectivity index is 1.90. The van der Waals surface area contributed by atoms with Crippen LogP contribution < -0.4 is 11.1 Å². The fraction of sp³-hybridized carbons (Fsp3) is 0.0667. The van der Waals surface area contributed by atoms with Crippen LogP contribution in [-0.2, 0) is 6.54 Å². The molecule has 0 aliphatic carbocycles. The van der Waals surface area contributed by atoms with Crippen molar-refractivity contribution in [1.82, 2.24) is 9.97 Å². The molecule has 0 bridgehead atoms. The first-order chi connectivity index (χ1) is 10.1. The molecule has 0 atom stereocenters. The SMILES string of the molecule is Nc1ccc2c(NCc3cc(F)ccc3F)ncnc2c1. The van der Waals surface area contributed by atoms with Gasteiger partial charge in [-0.05, 0) is 36.4 Å². The van der Waals surface area contributed by atoms with Crippen LogP contribution in [0.15, 0.2) is 42.7 Å². The lowest BCUT2D eigenvalue weighted by Gasteiger charge is -2.09. The second kappa shape index (κ2) is 5.32. The minimum Gasteiger partial charge on any atom is -0.399 e. The molecular weight excluding hydrogens is 274 g/mol. The minimum absolute atomic E-state index is 0.125. The molecule has 0 saturated heterocycles. The van der Waals surface area contributed by atoms with E-state index in [0.717, 1.165) is 23.6 Å². The van der Waals surface area contributed by atoms with E-state index in [-0.39, 0.29) is 12.1 Å². The van der Waals surface area contributed by atoms with Crippen molar-refractivity contribution in [2.45, 2.75) is 6.54 Å². The molecule has 21 heavy (non-hydrogen) atoms. The molecule has 1 aromatic heterocycles. The molecule has 0 amide bonds. The molecule has 0 radical (unpaired) electrons. The molecule has 2 aromatic carbocycles. The number of nitrogen functional groups attached to an aromatic ring is 1. The third kappa shape index (κ3) is 2.74. The summed E-state index contributed by atoms with van der Waals surface area (Å²) in [5, 5.41) is 3.76. The lowest BCUT2D eigenvalue weighted by atomic mass is 10.2. The van der Waals surface area contributed by atoms with Crippen molar-refractivity contribution >= 4 is 22.4 Å². The van der Waals surface area contributed by atoms with Gasteiger partial charge in [0.05, 0.1) is 5.52 Å². The van der Waals surface area contributed by atoms with Gasteiger partial charge in [0.2, 0.25) is 0 Å². The molecule has 0 fully saturated rings. The van der Waals surface area contributed by atoms with Gasteiger partial charge in [-0.2, -0.15) is 0 Å². The number of nitrogens with two attached hydrogens (primary N) is 1. The number of nitrogens with zero attached hydrogens (tertiary/aromatic N) is 2. The highest BCUT2D eigenvalue weighted by Gasteiger charge is 2.07. The Morgan fingerprint density at radius 3 is 2.76 bits per heavy atom. The average molecular weight is 286 g/mol. The van der Waals surface area contributed by atoms with E-state index in [1.807, 2.05) is 0 Å². The number of hydrogen-bond acceptors (Lipinski definition) is 4. The Morgan fingerprint density at radius 2 is 1.90 bits per heavy atom. The molecule has 0 unspecified atom stereocenters. The molecule has 106 valence electrons. The molecule has 4 nitrogen and oxygen atoms in total. The van der Waals surface area contributed by atoms with Crippen LogP contribution in [0.25, 0.3) is 10.9 Å². The number of nitrogens with one attached hydrogen (secondary N) is 1. The van der Waals surface area contributed by atoms with Crippen molar-refractivity contribution in [3.63, 3.8) is 0 Å². The number of benzene rings is 2. The summed E-state index contributed by atoms with van der Waals surface area (Å²) >= 11 is 0. The lowest BCUT2D eigenvalue weighted by Crippen LogP contribution is -2.05. The van der Waals surface area contributed by atoms with Crippen LogP contribution in [0.4, 0.5) is 20.3 Å². The number of fused-ring (bicyclic) bond motifs is 1. The van der Waals surface area contributed by atoms with Crippen LogP contribution in [0.2, 0.25) is 0 Å². The van der Waals surface area contributed by atoms with Gasteiger partial charge >= 0.3 is 0 Å². The number of aromatic nitrogens is 2. The van der Waals surface area contributed by atoms with Gasteiger partial charge < -0.3 is 11.1 Å². The third-order valence-electron chi connectivity index (χ3n) is 3.11. The summed E-state index contributed by atoms with van der Waals surface area (Å²) in [7, 11) is 0. The van der Waals surface area contributed by atoms with Gasteiger partial charge in [0, 0.05) is 23.2 Å². The monoisotopic (exact) mass is 286 g/mol. The lowest BCUT2D eigenvalue weighted by molar-refractivity contribution is 0.587. The van der Waals surface area contributed by atoms with Crippen molar-refractivity contribution in [2.24, 2.45) is 0 Å². The molecule has 6 heteroatoms. The van der Waals surface area contributed by atoms with E-state index < -0.39 is 11.6 Å². The Bertz CT molecular complexity index is 805. The number of anilines is 2. The normalized spacial score (nSPS) is 10.8. The summed E-state index contributed by atoms with van der Waals surface area (Å²) < 4.78 is 26.7. The van der Waals surface area contributed by atoms with Gasteiger partial charge in [-0.25, -0.2) is 18.7 Å². The van der Waals surface area contributed by atoms with E-state index in [0.29, 0.717) is 17.0 Å². The highest BCUT2D eigenvalue weighted by atomic mass is 19.1. The minimum atomic E-state index is -0.478. The number of hydrogen-bond donors (Lipinski definition) is 2. The Labute approximate surface area is 119 Å². The smallest absolute Gasteiger partial charge is 0.137 e. The summed E-state index contributed by atoms with van der Waals surface area (Å²) in [5.74, 6) is -0.399. The Morgan fingerprint density at radius 1 is 1.05 bits per heavy atom. The van der Waals surface area contributed by atoms with E-state index in [4.69, 9.17) is 5.73 Å². The second-order valence-corrected chi connectivity index (χ2v) is 4.59. The Kier molecular flexibility index (Phi) is 3.35. The number of halogens is 2. The van der Waals surface area contributed by atoms with Crippen LogP contribution >= 0.6 is 0 Å². The van der Waals surface area contributed by atoms with Crippen LogP contribution in [0.3, 0.4) is 0 Å². The summed E-state index contributed by atoms with van der Waals surface area (Å²) in [5.41, 5.74) is 7.22. The van der Waals surface area contributed by atoms with Gasteiger partial charge in [0.1, 0.15) is 23.8 Å². The zero-order chi connectivity index (χ0) is 14.8.